The van der Waals surface area contributed by atoms with Crippen molar-refractivity contribution in [2.45, 2.75) is 45.3 Å². The number of aromatic nitrogens is 2. The smallest absolute Gasteiger partial charge is 0.410 e. The van der Waals surface area contributed by atoms with E-state index < -0.39 is 5.60 Å². The highest BCUT2D eigenvalue weighted by molar-refractivity contribution is 5.69. The average molecular weight is 405 g/mol. The number of hydrogen-bond donors (Lipinski definition) is 1. The maximum absolute atomic E-state index is 12.6. The largest absolute Gasteiger partial charge is 0.457 e. The van der Waals surface area contributed by atoms with Gasteiger partial charge in [0.25, 0.3) is 0 Å². The zero-order chi connectivity index (χ0) is 21.1. The molecule has 1 unspecified atom stereocenters. The van der Waals surface area contributed by atoms with Crippen LogP contribution in [0.25, 0.3) is 11.3 Å². The van der Waals surface area contributed by atoms with Gasteiger partial charge in [0.15, 0.2) is 0 Å². The van der Waals surface area contributed by atoms with E-state index in [-0.39, 0.29) is 12.1 Å². The highest BCUT2D eigenvalue weighted by Crippen LogP contribution is 2.33. The minimum Gasteiger partial charge on any atom is -0.457 e. The lowest BCUT2D eigenvalue weighted by Crippen LogP contribution is -2.36. The number of nitrogens with zero attached hydrogens (tertiary/aromatic N) is 2. The number of hydrogen-bond acceptors (Lipinski definition) is 4. The van der Waals surface area contributed by atoms with E-state index in [1.54, 1.807) is 4.90 Å². The summed E-state index contributed by atoms with van der Waals surface area (Å²) in [7, 11) is 0. The summed E-state index contributed by atoms with van der Waals surface area (Å²) >= 11 is 0. The van der Waals surface area contributed by atoms with E-state index in [0.717, 1.165) is 41.4 Å². The molecule has 156 valence electrons. The van der Waals surface area contributed by atoms with Gasteiger partial charge in [-0.05, 0) is 75.6 Å². The van der Waals surface area contributed by atoms with Crippen molar-refractivity contribution in [3.63, 3.8) is 0 Å². The number of para-hydroxylation sites is 1. The predicted molar refractivity (Wildman–Crippen MR) is 115 cm³/mol. The fourth-order valence-corrected chi connectivity index (χ4v) is 3.57. The molecule has 4 rings (SSSR count). The lowest BCUT2D eigenvalue weighted by atomic mass is 10.1. The van der Waals surface area contributed by atoms with Crippen LogP contribution in [-0.4, -0.2) is 33.1 Å². The van der Waals surface area contributed by atoms with Crippen molar-refractivity contribution in [3.8, 4) is 22.8 Å². The zero-order valence-electron chi connectivity index (χ0n) is 17.6. The van der Waals surface area contributed by atoms with Crippen molar-refractivity contribution < 1.29 is 14.3 Å². The molecule has 1 N–H and O–H groups in total. The number of benzene rings is 2. The number of nitrogens with one attached hydrogen (secondary N) is 1. The molecule has 6 nitrogen and oxygen atoms in total. The molecule has 0 bridgehead atoms. The van der Waals surface area contributed by atoms with Gasteiger partial charge in [0.2, 0.25) is 0 Å². The van der Waals surface area contributed by atoms with Crippen molar-refractivity contribution in [2.24, 2.45) is 0 Å². The van der Waals surface area contributed by atoms with Crippen molar-refractivity contribution >= 4 is 6.09 Å². The fourth-order valence-electron chi connectivity index (χ4n) is 3.57. The topological polar surface area (TPSA) is 67.4 Å². The van der Waals surface area contributed by atoms with Gasteiger partial charge in [0.1, 0.15) is 22.9 Å². The molecule has 1 fully saturated rings. The van der Waals surface area contributed by atoms with Gasteiger partial charge in [-0.15, -0.1) is 0 Å². The molecule has 6 heteroatoms. The normalized spacial score (nSPS) is 16.5. The number of carbonyl (C=O) groups excluding carboxylic acids is 1. The van der Waals surface area contributed by atoms with E-state index in [0.29, 0.717) is 6.54 Å². The number of likely N-dealkylation sites (tertiary alicyclic amines) is 1. The van der Waals surface area contributed by atoms with Crippen LogP contribution in [0.2, 0.25) is 0 Å². The monoisotopic (exact) mass is 405 g/mol. The number of amides is 1. The maximum atomic E-state index is 12.6. The van der Waals surface area contributed by atoms with E-state index in [1.807, 2.05) is 81.6 Å². The number of carbonyl (C=O) groups is 1. The molecule has 1 saturated heterocycles. The van der Waals surface area contributed by atoms with E-state index in [1.165, 1.54) is 0 Å². The first kappa shape index (κ1) is 20.0. The van der Waals surface area contributed by atoms with Crippen LogP contribution >= 0.6 is 0 Å². The molecule has 1 aliphatic rings. The lowest BCUT2D eigenvalue weighted by Gasteiger charge is -2.27. The van der Waals surface area contributed by atoms with Crippen molar-refractivity contribution in [2.75, 3.05) is 6.54 Å². The predicted octanol–water partition coefficient (Wildman–Crippen LogP) is 5.94. The van der Waals surface area contributed by atoms with Crippen LogP contribution in [-0.2, 0) is 4.74 Å². The van der Waals surface area contributed by atoms with Crippen LogP contribution in [0.15, 0.2) is 60.8 Å². The number of rotatable bonds is 4. The Balaban J connectivity index is 1.46. The van der Waals surface area contributed by atoms with Crippen molar-refractivity contribution in [3.05, 3.63) is 66.6 Å². The molecule has 1 amide bonds. The molecule has 1 atom stereocenters. The zero-order valence-corrected chi connectivity index (χ0v) is 17.6. The maximum Gasteiger partial charge on any atom is 0.410 e. The molecule has 0 radical (unpaired) electrons. The van der Waals surface area contributed by atoms with Crippen LogP contribution in [0.5, 0.6) is 11.5 Å². The molecular weight excluding hydrogens is 378 g/mol. The molecule has 2 heterocycles. The Hall–Kier alpha value is -3.28. The first-order valence-electron chi connectivity index (χ1n) is 10.3. The highest BCUT2D eigenvalue weighted by atomic mass is 16.6. The van der Waals surface area contributed by atoms with Gasteiger partial charge >= 0.3 is 6.09 Å². The third-order valence-electron chi connectivity index (χ3n) is 4.94. The quantitative estimate of drug-likeness (QED) is 0.583. The summed E-state index contributed by atoms with van der Waals surface area (Å²) in [5, 5.41) is 0. The van der Waals surface area contributed by atoms with Gasteiger partial charge in [0.05, 0.1) is 17.9 Å². The van der Waals surface area contributed by atoms with Gasteiger partial charge in [-0.3, -0.25) is 4.90 Å². The van der Waals surface area contributed by atoms with Gasteiger partial charge in [-0.1, -0.05) is 18.2 Å². The summed E-state index contributed by atoms with van der Waals surface area (Å²) in [6, 6.07) is 17.5. The summed E-state index contributed by atoms with van der Waals surface area (Å²) < 4.78 is 11.4. The van der Waals surface area contributed by atoms with Crippen LogP contribution < -0.4 is 4.74 Å². The fraction of sp³-hybridized carbons (Fsp3) is 0.333. The Morgan fingerprint density at radius 2 is 1.77 bits per heavy atom. The number of H-pyrrole nitrogens is 1. The Morgan fingerprint density at radius 1 is 1.07 bits per heavy atom. The van der Waals surface area contributed by atoms with E-state index >= 15 is 0 Å². The van der Waals surface area contributed by atoms with E-state index in [9.17, 15) is 4.79 Å². The van der Waals surface area contributed by atoms with Crippen LogP contribution in [0.1, 0.15) is 45.5 Å². The molecule has 1 aromatic heterocycles. The first-order valence-corrected chi connectivity index (χ1v) is 10.3. The molecule has 0 spiro atoms. The molecule has 30 heavy (non-hydrogen) atoms. The molecule has 0 saturated carbocycles. The lowest BCUT2D eigenvalue weighted by molar-refractivity contribution is 0.0218. The molecule has 1 aliphatic heterocycles. The second-order valence-electron chi connectivity index (χ2n) is 8.45. The summed E-state index contributed by atoms with van der Waals surface area (Å²) in [6.45, 7) is 6.32. The van der Waals surface area contributed by atoms with Gasteiger partial charge in [-0.2, -0.15) is 0 Å². The van der Waals surface area contributed by atoms with Crippen LogP contribution in [0.4, 0.5) is 4.79 Å². The SMILES string of the molecule is CC(C)(C)OC(=O)N1CCCC1c1ncc(-c2ccc(Oc3ccccc3)cc2)[nH]1. The molecule has 0 aliphatic carbocycles. The second kappa shape index (κ2) is 8.22. The Morgan fingerprint density at radius 3 is 2.47 bits per heavy atom. The van der Waals surface area contributed by atoms with Crippen LogP contribution in [0.3, 0.4) is 0 Å². The first-order chi connectivity index (χ1) is 14.4. The van der Waals surface area contributed by atoms with Gasteiger partial charge in [0, 0.05) is 6.54 Å². The third kappa shape index (κ3) is 4.64. The molecule has 3 aromatic rings. The third-order valence-corrected chi connectivity index (χ3v) is 4.94. The van der Waals surface area contributed by atoms with Crippen molar-refractivity contribution in [1.82, 2.24) is 14.9 Å². The van der Waals surface area contributed by atoms with Gasteiger partial charge < -0.3 is 14.5 Å². The van der Waals surface area contributed by atoms with E-state index in [4.69, 9.17) is 9.47 Å². The second-order valence-corrected chi connectivity index (χ2v) is 8.45. The van der Waals surface area contributed by atoms with Crippen molar-refractivity contribution in [1.29, 1.82) is 0 Å². The highest BCUT2D eigenvalue weighted by Gasteiger charge is 2.34. The Labute approximate surface area is 176 Å². The average Bonchev–Trinajstić information content (AvgIpc) is 3.38. The molecule has 2 aromatic carbocycles. The summed E-state index contributed by atoms with van der Waals surface area (Å²) in [6.07, 6.45) is 3.33. The molecular formula is C24H27N3O3. The minimum absolute atomic E-state index is 0.0886. The van der Waals surface area contributed by atoms with Gasteiger partial charge in [-0.25, -0.2) is 9.78 Å². The number of imidazole rings is 1. The Kier molecular flexibility index (Phi) is 5.48. The summed E-state index contributed by atoms with van der Waals surface area (Å²) in [5.41, 5.74) is 1.41. The minimum atomic E-state index is -0.512. The van der Waals surface area contributed by atoms with Crippen LogP contribution in [0, 0.1) is 0 Å². The summed E-state index contributed by atoms with van der Waals surface area (Å²) in [5.74, 6) is 2.37. The standard InChI is InChI=1S/C24H27N3O3/c1-24(2,3)30-23(28)27-15-7-10-21(27)22-25-16-20(26-22)17-11-13-19(14-12-17)29-18-8-5-4-6-9-18/h4-6,8-9,11-14,16,21H,7,10,15H2,1-3H3,(H,25,26). The Bertz CT molecular complexity index is 991. The number of ether oxygens (including phenoxy) is 2. The van der Waals surface area contributed by atoms with E-state index in [2.05, 4.69) is 9.97 Å². The summed E-state index contributed by atoms with van der Waals surface area (Å²) in [4.78, 5) is 22.3. The number of aromatic amines is 1.